The van der Waals surface area contributed by atoms with E-state index in [1.54, 1.807) is 19.1 Å². The van der Waals surface area contributed by atoms with Crippen molar-refractivity contribution in [2.45, 2.75) is 33.3 Å². The molecule has 110 valence electrons. The average molecular weight is 278 g/mol. The number of nitro groups is 1. The van der Waals surface area contributed by atoms with Crippen LogP contribution in [0.3, 0.4) is 0 Å². The monoisotopic (exact) mass is 278 g/mol. The molecule has 0 spiro atoms. The van der Waals surface area contributed by atoms with Crippen molar-refractivity contribution in [3.05, 3.63) is 33.9 Å². The highest BCUT2D eigenvalue weighted by Gasteiger charge is 2.27. The molecule has 1 aliphatic rings. The average Bonchev–Trinajstić information content (AvgIpc) is 2.41. The highest BCUT2D eigenvalue weighted by molar-refractivity contribution is 5.64. The molecule has 1 heterocycles. The van der Waals surface area contributed by atoms with Gasteiger partial charge in [0.05, 0.1) is 11.0 Å². The first-order valence-electron chi connectivity index (χ1n) is 7.11. The fourth-order valence-corrected chi connectivity index (χ4v) is 2.70. The number of anilines is 1. The Morgan fingerprint density at radius 3 is 2.65 bits per heavy atom. The molecule has 0 saturated carbocycles. The maximum atomic E-state index is 11.3. The molecule has 1 aliphatic heterocycles. The largest absolute Gasteiger partial charge is 0.389 e. The van der Waals surface area contributed by atoms with Gasteiger partial charge in [0.15, 0.2) is 0 Å². The third kappa shape index (κ3) is 2.93. The molecule has 2 unspecified atom stereocenters. The van der Waals surface area contributed by atoms with E-state index < -0.39 is 6.10 Å². The molecule has 1 saturated heterocycles. The van der Waals surface area contributed by atoms with Crippen molar-refractivity contribution in [1.29, 1.82) is 0 Å². The van der Waals surface area contributed by atoms with E-state index in [1.807, 2.05) is 0 Å². The van der Waals surface area contributed by atoms with Crippen LogP contribution in [0.1, 0.15) is 38.9 Å². The van der Waals surface area contributed by atoms with E-state index in [2.05, 4.69) is 18.7 Å². The molecule has 0 bridgehead atoms. The molecule has 1 aromatic rings. The highest BCUT2D eigenvalue weighted by Crippen LogP contribution is 2.34. The third-order valence-electron chi connectivity index (χ3n) is 4.35. The molecular weight excluding hydrogens is 256 g/mol. The minimum atomic E-state index is -0.692. The molecule has 2 rings (SSSR count). The van der Waals surface area contributed by atoms with E-state index in [9.17, 15) is 15.2 Å². The molecule has 5 nitrogen and oxygen atoms in total. The molecule has 0 aliphatic carbocycles. The summed E-state index contributed by atoms with van der Waals surface area (Å²) in [5.74, 6) is 1.18. The summed E-state index contributed by atoms with van der Waals surface area (Å²) in [6, 6.07) is 5.03. The summed E-state index contributed by atoms with van der Waals surface area (Å²) in [5.41, 5.74) is 1.34. The fraction of sp³-hybridized carbons (Fsp3) is 0.600. The predicted octanol–water partition coefficient (Wildman–Crippen LogP) is 3.13. The summed E-state index contributed by atoms with van der Waals surface area (Å²) in [6.45, 7) is 7.72. The Balaban J connectivity index is 2.33. The maximum Gasteiger partial charge on any atom is 0.292 e. The van der Waals surface area contributed by atoms with Crippen LogP contribution in [0.25, 0.3) is 0 Å². The summed E-state index contributed by atoms with van der Waals surface area (Å²) in [4.78, 5) is 13.0. The van der Waals surface area contributed by atoms with Gasteiger partial charge in [0, 0.05) is 19.2 Å². The Hall–Kier alpha value is -1.62. The zero-order valence-electron chi connectivity index (χ0n) is 12.2. The van der Waals surface area contributed by atoms with Gasteiger partial charge in [-0.2, -0.15) is 0 Å². The number of rotatable bonds is 3. The van der Waals surface area contributed by atoms with Crippen LogP contribution in [-0.2, 0) is 0 Å². The molecule has 0 radical (unpaired) electrons. The summed E-state index contributed by atoms with van der Waals surface area (Å²) in [7, 11) is 0. The van der Waals surface area contributed by atoms with Crippen molar-refractivity contribution in [3.63, 3.8) is 0 Å². The minimum absolute atomic E-state index is 0.0881. The molecule has 0 amide bonds. The van der Waals surface area contributed by atoms with Gasteiger partial charge in [-0.25, -0.2) is 0 Å². The van der Waals surface area contributed by atoms with Crippen LogP contribution in [0.4, 0.5) is 11.4 Å². The summed E-state index contributed by atoms with van der Waals surface area (Å²) in [5, 5.41) is 20.9. The van der Waals surface area contributed by atoms with Gasteiger partial charge in [-0.1, -0.05) is 19.9 Å². The lowest BCUT2D eigenvalue weighted by atomic mass is 9.88. The third-order valence-corrected chi connectivity index (χ3v) is 4.35. The van der Waals surface area contributed by atoms with Gasteiger partial charge in [-0.3, -0.25) is 10.1 Å². The van der Waals surface area contributed by atoms with Crippen LogP contribution in [0.15, 0.2) is 18.2 Å². The molecule has 5 heteroatoms. The van der Waals surface area contributed by atoms with Gasteiger partial charge in [0.2, 0.25) is 0 Å². The lowest BCUT2D eigenvalue weighted by Gasteiger charge is -2.36. The van der Waals surface area contributed by atoms with Gasteiger partial charge in [0.1, 0.15) is 5.69 Å². The summed E-state index contributed by atoms with van der Waals surface area (Å²) in [6.07, 6.45) is 0.360. The molecule has 1 fully saturated rings. The molecular formula is C15H22N2O3. The lowest BCUT2D eigenvalue weighted by Crippen LogP contribution is -2.38. The Labute approximate surface area is 119 Å². The first-order valence-corrected chi connectivity index (χ1v) is 7.11. The lowest BCUT2D eigenvalue weighted by molar-refractivity contribution is -0.384. The van der Waals surface area contributed by atoms with Crippen molar-refractivity contribution in [2.75, 3.05) is 18.0 Å². The predicted molar refractivity (Wildman–Crippen MR) is 78.9 cm³/mol. The zero-order valence-corrected chi connectivity index (χ0v) is 12.2. The SMILES string of the molecule is CC1CCN(c2ccc([C@@H](C)O)cc2[N+](=O)[O-])CC1C. The van der Waals surface area contributed by atoms with Gasteiger partial charge in [-0.05, 0) is 36.8 Å². The Morgan fingerprint density at radius 2 is 2.10 bits per heavy atom. The Kier molecular flexibility index (Phi) is 4.28. The van der Waals surface area contributed by atoms with Crippen molar-refractivity contribution in [2.24, 2.45) is 11.8 Å². The summed E-state index contributed by atoms with van der Waals surface area (Å²) >= 11 is 0. The highest BCUT2D eigenvalue weighted by atomic mass is 16.6. The maximum absolute atomic E-state index is 11.3. The van der Waals surface area contributed by atoms with Gasteiger partial charge in [-0.15, -0.1) is 0 Å². The van der Waals surface area contributed by atoms with E-state index >= 15 is 0 Å². The van der Waals surface area contributed by atoms with Crippen LogP contribution in [0.5, 0.6) is 0 Å². The van der Waals surface area contributed by atoms with E-state index in [-0.39, 0.29) is 10.6 Å². The number of benzene rings is 1. The van der Waals surface area contributed by atoms with Crippen molar-refractivity contribution < 1.29 is 10.0 Å². The van der Waals surface area contributed by atoms with Crippen molar-refractivity contribution >= 4 is 11.4 Å². The first kappa shape index (κ1) is 14.8. The van der Waals surface area contributed by atoms with Crippen molar-refractivity contribution in [1.82, 2.24) is 0 Å². The fourth-order valence-electron chi connectivity index (χ4n) is 2.70. The van der Waals surface area contributed by atoms with Crippen LogP contribution < -0.4 is 4.90 Å². The van der Waals surface area contributed by atoms with Crippen LogP contribution in [0.2, 0.25) is 0 Å². The summed E-state index contributed by atoms with van der Waals surface area (Å²) < 4.78 is 0. The van der Waals surface area contributed by atoms with Gasteiger partial charge < -0.3 is 10.0 Å². The minimum Gasteiger partial charge on any atom is -0.389 e. The topological polar surface area (TPSA) is 66.6 Å². The van der Waals surface area contributed by atoms with Crippen molar-refractivity contribution in [3.8, 4) is 0 Å². The second-order valence-corrected chi connectivity index (χ2v) is 5.87. The quantitative estimate of drug-likeness (QED) is 0.681. The van der Waals surface area contributed by atoms with E-state index in [0.29, 0.717) is 23.1 Å². The number of piperidine rings is 1. The Bertz CT molecular complexity index is 502. The normalized spacial score (nSPS) is 24.5. The first-order chi connectivity index (χ1) is 9.40. The number of nitro benzene ring substituents is 1. The second kappa shape index (κ2) is 5.79. The number of aliphatic hydroxyl groups excluding tert-OH is 1. The molecule has 1 aromatic carbocycles. The van der Waals surface area contributed by atoms with Gasteiger partial charge in [0.25, 0.3) is 5.69 Å². The van der Waals surface area contributed by atoms with E-state index in [0.717, 1.165) is 19.5 Å². The molecule has 20 heavy (non-hydrogen) atoms. The smallest absolute Gasteiger partial charge is 0.292 e. The molecule has 0 aromatic heterocycles. The molecule has 3 atom stereocenters. The standard InChI is InChI=1S/C15H22N2O3/c1-10-6-7-16(9-11(10)2)14-5-4-13(12(3)18)8-15(14)17(19)20/h4-5,8,10-12,18H,6-7,9H2,1-3H3/t10?,11?,12-/m1/s1. The molecule has 1 N–H and O–H groups in total. The number of hydrogen-bond acceptors (Lipinski definition) is 4. The van der Waals surface area contributed by atoms with Gasteiger partial charge >= 0.3 is 0 Å². The van der Waals surface area contributed by atoms with Crippen LogP contribution in [0, 0.1) is 22.0 Å². The van der Waals surface area contributed by atoms with Crippen LogP contribution in [-0.4, -0.2) is 23.1 Å². The van der Waals surface area contributed by atoms with E-state index in [1.165, 1.54) is 6.07 Å². The number of aliphatic hydroxyl groups is 1. The number of hydrogen-bond donors (Lipinski definition) is 1. The second-order valence-electron chi connectivity index (χ2n) is 5.87. The number of nitrogens with zero attached hydrogens (tertiary/aromatic N) is 2. The van der Waals surface area contributed by atoms with Crippen LogP contribution >= 0.6 is 0 Å². The van der Waals surface area contributed by atoms with E-state index in [4.69, 9.17) is 0 Å². The Morgan fingerprint density at radius 1 is 1.40 bits per heavy atom. The zero-order chi connectivity index (χ0) is 14.9.